The van der Waals surface area contributed by atoms with E-state index >= 15 is 0 Å². The van der Waals surface area contributed by atoms with Crippen LogP contribution in [0.1, 0.15) is 13.3 Å². The second-order valence-electron chi connectivity index (χ2n) is 0.707. The maximum absolute atomic E-state index is 3.31. The Morgan fingerprint density at radius 1 is 1.57 bits per heavy atom. The molecule has 0 aliphatic carbocycles. The Morgan fingerprint density at radius 3 is 2.00 bits per heavy atom. The van der Waals surface area contributed by atoms with E-state index in [4.69, 9.17) is 0 Å². The fourth-order valence-electron chi connectivity index (χ4n) is 0.125. The molecule has 36 valence electrons. The smallest absolute Gasteiger partial charge is 1.00 e. The van der Waals surface area contributed by atoms with Gasteiger partial charge in [-0.15, -0.1) is 0 Å². The van der Waals surface area contributed by atoms with Gasteiger partial charge in [0.25, 0.3) is 0 Å². The summed E-state index contributed by atoms with van der Waals surface area (Å²) in [5.41, 5.74) is 0. The molecule has 0 saturated carbocycles. The summed E-state index contributed by atoms with van der Waals surface area (Å²) in [6.07, 6.45) is 0.920. The molecular formula is C5H7BrMg. The maximum Gasteiger partial charge on any atom is 2.00 e. The van der Waals surface area contributed by atoms with Crippen molar-refractivity contribution in [2.75, 3.05) is 0 Å². The molecule has 0 rings (SSSR count). The number of halogens is 1. The second-order valence-corrected chi connectivity index (χ2v) is 0.707. The third kappa shape index (κ3) is 20.4. The van der Waals surface area contributed by atoms with Crippen molar-refractivity contribution < 1.29 is 17.0 Å². The zero-order valence-corrected chi connectivity index (χ0v) is 7.50. The summed E-state index contributed by atoms with van der Waals surface area (Å²) in [7, 11) is 0. The van der Waals surface area contributed by atoms with E-state index in [1.54, 1.807) is 0 Å². The molecule has 0 aliphatic heterocycles. The SMILES string of the molecule is [Br-].[CH2-]C#CCC.[Mg+2]. The van der Waals surface area contributed by atoms with Gasteiger partial charge in [0.2, 0.25) is 0 Å². The molecule has 0 saturated heterocycles. The average Bonchev–Trinajstić information content (AvgIpc) is 1.41. The Bertz CT molecular complexity index is 60.2. The summed E-state index contributed by atoms with van der Waals surface area (Å²) in [4.78, 5) is 0. The first-order valence-corrected chi connectivity index (χ1v) is 1.66. The van der Waals surface area contributed by atoms with E-state index in [1.165, 1.54) is 0 Å². The first-order valence-electron chi connectivity index (χ1n) is 1.66. The zero-order chi connectivity index (χ0) is 4.12. The summed E-state index contributed by atoms with van der Waals surface area (Å²) in [6, 6.07) is 0. The van der Waals surface area contributed by atoms with Gasteiger partial charge in [0.05, 0.1) is 0 Å². The van der Waals surface area contributed by atoms with E-state index in [1.807, 2.05) is 6.92 Å². The summed E-state index contributed by atoms with van der Waals surface area (Å²) in [5.74, 6) is 5.27. The standard InChI is InChI=1S/C5H7.BrH.Mg/c1-3-5-4-2;;/h1,4H2,2H3;1H;/q-1;;+2/p-1. The van der Waals surface area contributed by atoms with Gasteiger partial charge in [0.1, 0.15) is 0 Å². The largest absolute Gasteiger partial charge is 2.00 e. The van der Waals surface area contributed by atoms with Crippen LogP contribution in [0.2, 0.25) is 0 Å². The molecule has 0 aromatic carbocycles. The Labute approximate surface area is 72.0 Å². The van der Waals surface area contributed by atoms with Crippen LogP contribution in [0.3, 0.4) is 0 Å². The van der Waals surface area contributed by atoms with E-state index in [9.17, 15) is 0 Å². The van der Waals surface area contributed by atoms with Crippen LogP contribution in [0, 0.1) is 18.8 Å². The molecule has 0 fully saturated rings. The first-order chi connectivity index (χ1) is 2.41. The molecule has 0 spiro atoms. The number of hydrogen-bond donors (Lipinski definition) is 0. The summed E-state index contributed by atoms with van der Waals surface area (Å²) < 4.78 is 0. The van der Waals surface area contributed by atoms with Crippen LogP contribution in [0.4, 0.5) is 0 Å². The van der Waals surface area contributed by atoms with Crippen molar-refractivity contribution in [3.63, 3.8) is 0 Å². The van der Waals surface area contributed by atoms with Gasteiger partial charge in [-0.3, -0.25) is 5.92 Å². The molecule has 0 unspecified atom stereocenters. The van der Waals surface area contributed by atoms with Crippen LogP contribution in [0.25, 0.3) is 0 Å². The van der Waals surface area contributed by atoms with Gasteiger partial charge < -0.3 is 22.9 Å². The minimum absolute atomic E-state index is 0. The Hall–Kier alpha value is 0.676. The average molecular weight is 171 g/mol. The quantitative estimate of drug-likeness (QED) is 0.222. The summed E-state index contributed by atoms with van der Waals surface area (Å²) in [6.45, 7) is 5.31. The number of rotatable bonds is 0. The van der Waals surface area contributed by atoms with Crippen molar-refractivity contribution in [2.24, 2.45) is 0 Å². The Balaban J connectivity index is -0.0000000800. The second kappa shape index (κ2) is 15.9. The maximum atomic E-state index is 3.31. The molecule has 0 bridgehead atoms. The van der Waals surface area contributed by atoms with Crippen LogP contribution in [0.15, 0.2) is 0 Å². The van der Waals surface area contributed by atoms with Crippen LogP contribution >= 0.6 is 0 Å². The van der Waals surface area contributed by atoms with Gasteiger partial charge in [-0.25, -0.2) is 0 Å². The zero-order valence-electron chi connectivity index (χ0n) is 4.50. The molecule has 0 radical (unpaired) electrons. The molecule has 0 nitrogen and oxygen atoms in total. The van der Waals surface area contributed by atoms with Crippen LogP contribution < -0.4 is 17.0 Å². The van der Waals surface area contributed by atoms with E-state index < -0.39 is 0 Å². The minimum Gasteiger partial charge on any atom is -1.00 e. The predicted molar refractivity (Wildman–Crippen MR) is 29.2 cm³/mol. The fourth-order valence-corrected chi connectivity index (χ4v) is 0.125. The molecule has 0 heterocycles. The van der Waals surface area contributed by atoms with Crippen molar-refractivity contribution in [3.8, 4) is 11.8 Å². The molecular weight excluding hydrogens is 164 g/mol. The topological polar surface area (TPSA) is 0 Å². The van der Waals surface area contributed by atoms with Crippen molar-refractivity contribution in [1.29, 1.82) is 0 Å². The fraction of sp³-hybridized carbons (Fsp3) is 0.400. The molecule has 0 N–H and O–H groups in total. The molecule has 0 aliphatic rings. The van der Waals surface area contributed by atoms with E-state index in [0.29, 0.717) is 0 Å². The van der Waals surface area contributed by atoms with Crippen LogP contribution in [0.5, 0.6) is 0 Å². The summed E-state index contributed by atoms with van der Waals surface area (Å²) >= 11 is 0. The molecule has 0 aromatic heterocycles. The Morgan fingerprint density at radius 2 is 2.00 bits per heavy atom. The van der Waals surface area contributed by atoms with Gasteiger partial charge in [-0.2, -0.15) is 6.92 Å². The van der Waals surface area contributed by atoms with Gasteiger partial charge >= 0.3 is 23.1 Å². The summed E-state index contributed by atoms with van der Waals surface area (Å²) in [5, 5.41) is 0. The van der Waals surface area contributed by atoms with Gasteiger partial charge in [0.15, 0.2) is 0 Å². The minimum atomic E-state index is 0. The van der Waals surface area contributed by atoms with Crippen molar-refractivity contribution in [2.45, 2.75) is 13.3 Å². The van der Waals surface area contributed by atoms with Gasteiger partial charge in [-0.1, -0.05) is 13.3 Å². The molecule has 0 amide bonds. The third-order valence-corrected chi connectivity index (χ3v) is 0.302. The van der Waals surface area contributed by atoms with Crippen LogP contribution in [-0.2, 0) is 0 Å². The normalized spacial score (nSPS) is 3.57. The number of hydrogen-bond acceptors (Lipinski definition) is 0. The molecule has 7 heavy (non-hydrogen) atoms. The van der Waals surface area contributed by atoms with E-state index in [0.717, 1.165) is 6.42 Å². The third-order valence-electron chi connectivity index (χ3n) is 0.302. The first kappa shape index (κ1) is 15.6. The van der Waals surface area contributed by atoms with Crippen molar-refractivity contribution in [1.82, 2.24) is 0 Å². The van der Waals surface area contributed by atoms with E-state index in [2.05, 4.69) is 18.8 Å². The van der Waals surface area contributed by atoms with Gasteiger partial charge in [0, 0.05) is 0 Å². The van der Waals surface area contributed by atoms with Crippen molar-refractivity contribution >= 4 is 23.1 Å². The Kier molecular flexibility index (Phi) is 35.6. The monoisotopic (exact) mass is 170 g/mol. The van der Waals surface area contributed by atoms with E-state index in [-0.39, 0.29) is 40.0 Å². The van der Waals surface area contributed by atoms with Crippen molar-refractivity contribution in [3.05, 3.63) is 6.92 Å². The molecule has 0 aromatic rings. The van der Waals surface area contributed by atoms with Crippen LogP contribution in [-0.4, -0.2) is 23.1 Å². The molecule has 2 heteroatoms. The van der Waals surface area contributed by atoms with Gasteiger partial charge in [-0.05, 0) is 0 Å². The predicted octanol–water partition coefficient (Wildman–Crippen LogP) is -2.14. The molecule has 0 atom stereocenters.